The van der Waals surface area contributed by atoms with Gasteiger partial charge in [0.25, 0.3) is 0 Å². The summed E-state index contributed by atoms with van der Waals surface area (Å²) >= 11 is 0. The summed E-state index contributed by atoms with van der Waals surface area (Å²) in [5.41, 5.74) is 0.843. The summed E-state index contributed by atoms with van der Waals surface area (Å²) in [6.07, 6.45) is -10.1. The van der Waals surface area contributed by atoms with Crippen LogP contribution in [0.15, 0.2) is 54.6 Å². The molecule has 2 aromatic carbocycles. The molecule has 7 atom stereocenters. The molecule has 3 unspecified atom stereocenters. The topological polar surface area (TPSA) is 275 Å². The van der Waals surface area contributed by atoms with Gasteiger partial charge in [0.05, 0.1) is 38.0 Å². The highest BCUT2D eigenvalue weighted by Crippen LogP contribution is 2.23. The van der Waals surface area contributed by atoms with Crippen molar-refractivity contribution in [2.24, 2.45) is 11.3 Å². The molecule has 8 N–H and O–H groups in total. The molecule has 0 heterocycles. The number of nitrogens with one attached hydrogen (secondary N) is 6. The van der Waals surface area contributed by atoms with Gasteiger partial charge in [-0.3, -0.25) is 38.4 Å². The average Bonchev–Trinajstić information content (AvgIpc) is 3.21. The van der Waals surface area contributed by atoms with E-state index in [9.17, 15) is 61.4 Å². The van der Waals surface area contributed by atoms with Gasteiger partial charge >= 0.3 is 18.1 Å². The van der Waals surface area contributed by atoms with Gasteiger partial charge in [-0.05, 0) is 48.3 Å². The number of rotatable bonds is 26. The molecular formula is C45H61F3N6O12. The number of halogens is 3. The van der Waals surface area contributed by atoms with E-state index in [0.717, 1.165) is 0 Å². The lowest BCUT2D eigenvalue weighted by Gasteiger charge is -2.34. The summed E-state index contributed by atoms with van der Waals surface area (Å²) < 4.78 is 45.3. The largest absolute Gasteiger partial charge is 0.481 e. The predicted molar refractivity (Wildman–Crippen MR) is 232 cm³/mol. The number of hydrogen-bond acceptors (Lipinski definition) is 10. The first-order valence-electron chi connectivity index (χ1n) is 21.2. The monoisotopic (exact) mass is 934 g/mol. The molecule has 0 aliphatic heterocycles. The van der Waals surface area contributed by atoms with Gasteiger partial charge in [-0.15, -0.1) is 0 Å². The summed E-state index contributed by atoms with van der Waals surface area (Å²) in [4.78, 5) is 117. The second-order valence-corrected chi connectivity index (χ2v) is 17.4. The Kier molecular flexibility index (Phi) is 21.9. The molecule has 2 rings (SSSR count). The van der Waals surface area contributed by atoms with Gasteiger partial charge in [-0.2, -0.15) is 13.2 Å². The lowest BCUT2D eigenvalue weighted by Crippen LogP contribution is -2.63. The number of carbonyl (C=O) groups is 9. The number of amides is 6. The van der Waals surface area contributed by atoms with Crippen LogP contribution in [0.1, 0.15) is 90.3 Å². The first-order valence-corrected chi connectivity index (χ1v) is 21.2. The molecule has 66 heavy (non-hydrogen) atoms. The standard InChI is InChI=1S/C45H61F3N6O12/c1-25(2)19-31(39(61)49-30(23-55)22-45(46,47)48)52-43(65)38(44(5,6)7)54-41(63)32(20-29-16-12-11-13-26(29)3)51-42(64)37(27(4)66-24-28-14-9-8-10-15-28)53-40(62)33(21-36(59)60)50-34(56)17-18-35(57)58/h8-16,23,25,27,30-33,37-38H,17-22,24H2,1-7H3,(H,49,61)(H,50,56)(H,51,64)(H,52,65)(H,53,62)(H,54,63)(H,57,58)(H,59,60)/t27?,30?,31-,32-,33?,37+,38+/m0/s1. The maximum Gasteiger partial charge on any atom is 0.391 e. The van der Waals surface area contributed by atoms with Gasteiger partial charge in [0, 0.05) is 12.8 Å². The van der Waals surface area contributed by atoms with E-state index in [1.807, 2.05) is 5.32 Å². The van der Waals surface area contributed by atoms with Crippen LogP contribution in [0.3, 0.4) is 0 Å². The number of ether oxygens (including phenoxy) is 1. The van der Waals surface area contributed by atoms with E-state index in [0.29, 0.717) is 16.7 Å². The second kappa shape index (κ2) is 25.9. The highest BCUT2D eigenvalue weighted by molar-refractivity contribution is 5.98. The number of aldehydes is 1. The van der Waals surface area contributed by atoms with Crippen LogP contribution in [0.25, 0.3) is 0 Å². The van der Waals surface area contributed by atoms with Gasteiger partial charge in [0.15, 0.2) is 0 Å². The molecule has 0 bridgehead atoms. The molecule has 0 aliphatic carbocycles. The summed E-state index contributed by atoms with van der Waals surface area (Å²) in [6, 6.07) is 5.76. The third kappa shape index (κ3) is 20.2. The van der Waals surface area contributed by atoms with Gasteiger partial charge in [-0.25, -0.2) is 0 Å². The molecular weight excluding hydrogens is 874 g/mol. The zero-order valence-electron chi connectivity index (χ0n) is 38.0. The fraction of sp³-hybridized carbons (Fsp3) is 0.533. The van der Waals surface area contributed by atoms with Crippen molar-refractivity contribution < 1.29 is 71.3 Å². The first-order chi connectivity index (χ1) is 30.7. The predicted octanol–water partition coefficient (Wildman–Crippen LogP) is 2.63. The van der Waals surface area contributed by atoms with Crippen molar-refractivity contribution in [3.8, 4) is 0 Å². The number of aliphatic carboxylic acids is 2. The maximum atomic E-state index is 14.5. The van der Waals surface area contributed by atoms with Crippen LogP contribution in [0.2, 0.25) is 0 Å². The Hall–Kier alpha value is -6.38. The Morgan fingerprint density at radius 3 is 1.80 bits per heavy atom. The molecule has 0 fully saturated rings. The Morgan fingerprint density at radius 1 is 0.682 bits per heavy atom. The molecule has 364 valence electrons. The zero-order chi connectivity index (χ0) is 49.9. The van der Waals surface area contributed by atoms with E-state index in [-0.39, 0.29) is 31.7 Å². The molecule has 2 aromatic rings. The van der Waals surface area contributed by atoms with Crippen LogP contribution in [0.4, 0.5) is 13.2 Å². The fourth-order valence-electron chi connectivity index (χ4n) is 6.49. The minimum absolute atomic E-state index is 0.0653. The number of benzene rings is 2. The normalized spacial score (nSPS) is 14.8. The lowest BCUT2D eigenvalue weighted by molar-refractivity contribution is -0.147. The molecule has 0 aromatic heterocycles. The Bertz CT molecular complexity index is 2010. The minimum Gasteiger partial charge on any atom is -0.481 e. The Balaban J connectivity index is 2.56. The number of carboxylic acids is 2. The highest BCUT2D eigenvalue weighted by Gasteiger charge is 2.40. The van der Waals surface area contributed by atoms with Crippen molar-refractivity contribution in [1.82, 2.24) is 31.9 Å². The van der Waals surface area contributed by atoms with Crippen molar-refractivity contribution >= 4 is 53.7 Å². The van der Waals surface area contributed by atoms with Gasteiger partial charge in [0.1, 0.15) is 36.5 Å². The first kappa shape index (κ1) is 55.8. The maximum absolute atomic E-state index is 14.5. The van der Waals surface area contributed by atoms with E-state index in [4.69, 9.17) is 9.84 Å². The molecule has 0 spiro atoms. The summed E-state index contributed by atoms with van der Waals surface area (Å²) in [5.74, 6) is -9.15. The lowest BCUT2D eigenvalue weighted by atomic mass is 9.85. The average molecular weight is 935 g/mol. The number of hydrogen-bond donors (Lipinski definition) is 8. The number of alkyl halides is 3. The van der Waals surface area contributed by atoms with Crippen molar-refractivity contribution in [2.75, 3.05) is 0 Å². The van der Waals surface area contributed by atoms with Crippen molar-refractivity contribution in [3.05, 3.63) is 71.3 Å². The van der Waals surface area contributed by atoms with Gasteiger partial charge in [-0.1, -0.05) is 89.2 Å². The molecule has 6 amide bonds. The van der Waals surface area contributed by atoms with E-state index in [1.165, 1.54) is 6.92 Å². The second-order valence-electron chi connectivity index (χ2n) is 17.4. The van der Waals surface area contributed by atoms with Crippen molar-refractivity contribution in [1.29, 1.82) is 0 Å². The van der Waals surface area contributed by atoms with E-state index in [1.54, 1.807) is 96.1 Å². The van der Waals surface area contributed by atoms with E-state index < -0.39 is 127 Å². The van der Waals surface area contributed by atoms with Crippen molar-refractivity contribution in [3.63, 3.8) is 0 Å². The summed E-state index contributed by atoms with van der Waals surface area (Å²) in [5, 5.41) is 33.0. The molecule has 0 saturated carbocycles. The minimum atomic E-state index is -4.79. The summed E-state index contributed by atoms with van der Waals surface area (Å²) in [6.45, 7) is 11.2. The molecule has 21 heteroatoms. The van der Waals surface area contributed by atoms with Crippen LogP contribution in [0.5, 0.6) is 0 Å². The molecule has 0 radical (unpaired) electrons. The quantitative estimate of drug-likeness (QED) is 0.0633. The van der Waals surface area contributed by atoms with Crippen LogP contribution in [-0.2, 0) is 60.9 Å². The summed E-state index contributed by atoms with van der Waals surface area (Å²) in [7, 11) is 0. The van der Waals surface area contributed by atoms with Gasteiger partial charge in [0.2, 0.25) is 35.4 Å². The van der Waals surface area contributed by atoms with Crippen LogP contribution in [-0.4, -0.2) is 112 Å². The van der Waals surface area contributed by atoms with Gasteiger partial charge < -0.3 is 51.6 Å². The molecule has 0 saturated heterocycles. The van der Waals surface area contributed by atoms with Crippen LogP contribution < -0.4 is 31.9 Å². The number of carbonyl (C=O) groups excluding carboxylic acids is 7. The zero-order valence-corrected chi connectivity index (χ0v) is 38.0. The molecule has 18 nitrogen and oxygen atoms in total. The van der Waals surface area contributed by atoms with E-state index in [2.05, 4.69) is 26.6 Å². The third-order valence-corrected chi connectivity index (χ3v) is 10.0. The van der Waals surface area contributed by atoms with Crippen LogP contribution in [0, 0.1) is 18.3 Å². The third-order valence-electron chi connectivity index (χ3n) is 10.0. The Labute approximate surface area is 380 Å². The number of carboxylic acid groups (broad SMARTS) is 2. The molecule has 0 aliphatic rings. The SMILES string of the molecule is Cc1ccccc1C[C@H](NC(=O)[C@H](NC(=O)C(CC(=O)O)NC(=O)CCC(=O)O)C(C)OCc1ccccc1)C(=O)N[C@H](C(=O)N[C@@H](CC(C)C)C(=O)NC(C=O)CC(F)(F)F)C(C)(C)C. The Morgan fingerprint density at radius 2 is 1.26 bits per heavy atom. The smallest absolute Gasteiger partial charge is 0.391 e. The van der Waals surface area contributed by atoms with E-state index >= 15 is 0 Å². The van der Waals surface area contributed by atoms with Crippen molar-refractivity contribution in [2.45, 2.75) is 142 Å². The fourth-order valence-corrected chi connectivity index (χ4v) is 6.49. The van der Waals surface area contributed by atoms with Crippen LogP contribution >= 0.6 is 0 Å². The number of aryl methyl sites for hydroxylation is 1. The highest BCUT2D eigenvalue weighted by atomic mass is 19.4.